The summed E-state index contributed by atoms with van der Waals surface area (Å²) in [6, 6.07) is 0.944. The zero-order chi connectivity index (χ0) is 12.6. The molecule has 18 heavy (non-hydrogen) atoms. The molecular formula is C14H28N2O2. The van der Waals surface area contributed by atoms with Crippen molar-refractivity contribution in [2.24, 2.45) is 5.92 Å². The van der Waals surface area contributed by atoms with E-state index in [1.54, 1.807) is 7.11 Å². The fourth-order valence-corrected chi connectivity index (χ4v) is 2.66. The number of hydrogen-bond donors (Lipinski definition) is 1. The summed E-state index contributed by atoms with van der Waals surface area (Å²) in [6.07, 6.45) is 5.25. The number of ether oxygens (including phenoxy) is 2. The first-order valence-corrected chi connectivity index (χ1v) is 7.41. The number of nitrogens with one attached hydrogen (secondary N) is 1. The largest absolute Gasteiger partial charge is 0.385 e. The highest BCUT2D eigenvalue weighted by molar-refractivity contribution is 4.89. The van der Waals surface area contributed by atoms with Crippen molar-refractivity contribution in [3.05, 3.63) is 0 Å². The smallest absolute Gasteiger partial charge is 0.0590 e. The van der Waals surface area contributed by atoms with E-state index >= 15 is 0 Å². The second kappa shape index (κ2) is 8.10. The van der Waals surface area contributed by atoms with Crippen LogP contribution in [0.4, 0.5) is 0 Å². The van der Waals surface area contributed by atoms with Crippen molar-refractivity contribution in [1.82, 2.24) is 10.2 Å². The van der Waals surface area contributed by atoms with Crippen molar-refractivity contribution in [3.63, 3.8) is 0 Å². The molecule has 1 aliphatic carbocycles. The van der Waals surface area contributed by atoms with Crippen molar-refractivity contribution in [1.29, 1.82) is 0 Å². The van der Waals surface area contributed by atoms with Gasteiger partial charge in [0.15, 0.2) is 0 Å². The Bertz CT molecular complexity index is 222. The summed E-state index contributed by atoms with van der Waals surface area (Å²) >= 11 is 0. The molecule has 0 bridgehead atoms. The van der Waals surface area contributed by atoms with E-state index in [2.05, 4.69) is 10.2 Å². The maximum Gasteiger partial charge on any atom is 0.0590 e. The van der Waals surface area contributed by atoms with Gasteiger partial charge in [-0.1, -0.05) is 0 Å². The maximum absolute atomic E-state index is 5.52. The topological polar surface area (TPSA) is 33.7 Å². The normalized spacial score (nSPS) is 24.8. The molecule has 0 spiro atoms. The summed E-state index contributed by atoms with van der Waals surface area (Å²) < 4.78 is 10.5. The molecule has 2 fully saturated rings. The van der Waals surface area contributed by atoms with Crippen LogP contribution in [0.5, 0.6) is 0 Å². The Morgan fingerprint density at radius 2 is 2.06 bits per heavy atom. The van der Waals surface area contributed by atoms with Crippen LogP contribution in [0.2, 0.25) is 0 Å². The predicted molar refractivity (Wildman–Crippen MR) is 72.9 cm³/mol. The van der Waals surface area contributed by atoms with E-state index in [4.69, 9.17) is 9.47 Å². The predicted octanol–water partition coefficient (Wildman–Crippen LogP) is 1.11. The molecule has 2 aliphatic rings. The molecule has 1 saturated carbocycles. The maximum atomic E-state index is 5.52. The molecule has 0 amide bonds. The molecule has 1 atom stereocenters. The molecule has 4 heteroatoms. The van der Waals surface area contributed by atoms with Crippen molar-refractivity contribution in [3.8, 4) is 0 Å². The highest BCUT2D eigenvalue weighted by Crippen LogP contribution is 2.31. The summed E-state index contributed by atoms with van der Waals surface area (Å²) in [7, 11) is 1.73. The fraction of sp³-hybridized carbons (Fsp3) is 1.00. The second-order valence-corrected chi connectivity index (χ2v) is 5.54. The Morgan fingerprint density at radius 1 is 1.17 bits per heavy atom. The van der Waals surface area contributed by atoms with Crippen molar-refractivity contribution in [2.75, 3.05) is 53.1 Å². The van der Waals surface area contributed by atoms with Crippen LogP contribution in [0.25, 0.3) is 0 Å². The van der Waals surface area contributed by atoms with Crippen molar-refractivity contribution < 1.29 is 9.47 Å². The fourth-order valence-electron chi connectivity index (χ4n) is 2.66. The summed E-state index contributed by atoms with van der Waals surface area (Å²) in [5.41, 5.74) is 0. The second-order valence-electron chi connectivity index (χ2n) is 5.54. The van der Waals surface area contributed by atoms with E-state index in [0.29, 0.717) is 0 Å². The van der Waals surface area contributed by atoms with Crippen LogP contribution in [0, 0.1) is 5.92 Å². The van der Waals surface area contributed by atoms with E-state index in [-0.39, 0.29) is 0 Å². The molecule has 1 unspecified atom stereocenters. The minimum atomic E-state index is 0.798. The summed E-state index contributed by atoms with van der Waals surface area (Å²) in [5.74, 6) is 0.860. The molecule has 106 valence electrons. The van der Waals surface area contributed by atoms with Crippen LogP contribution in [0.1, 0.15) is 25.7 Å². The zero-order valence-corrected chi connectivity index (χ0v) is 11.7. The van der Waals surface area contributed by atoms with Gasteiger partial charge in [-0.25, -0.2) is 0 Å². The lowest BCUT2D eigenvalue weighted by atomic mass is 10.1. The van der Waals surface area contributed by atoms with E-state index in [9.17, 15) is 0 Å². The number of methoxy groups -OCH3 is 1. The Labute approximate surface area is 111 Å². The minimum absolute atomic E-state index is 0.798. The molecule has 4 nitrogen and oxygen atoms in total. The van der Waals surface area contributed by atoms with E-state index in [1.165, 1.54) is 32.4 Å². The molecule has 1 aliphatic heterocycles. The monoisotopic (exact) mass is 256 g/mol. The average Bonchev–Trinajstić information content (AvgIpc) is 3.13. The van der Waals surface area contributed by atoms with Crippen LogP contribution in [-0.4, -0.2) is 64.1 Å². The van der Waals surface area contributed by atoms with Crippen LogP contribution in [-0.2, 0) is 9.47 Å². The van der Waals surface area contributed by atoms with Gasteiger partial charge >= 0.3 is 0 Å². The number of nitrogens with zero attached hydrogens (tertiary/aromatic N) is 1. The van der Waals surface area contributed by atoms with Crippen LogP contribution in [0.15, 0.2) is 0 Å². The van der Waals surface area contributed by atoms with Crippen molar-refractivity contribution >= 4 is 0 Å². The standard InChI is InChI=1S/C14H28N2O2/c1-17-8-2-9-18-10-6-15-11-13-5-7-16(12-13)14-3-4-14/h13-15H,2-12H2,1H3. The van der Waals surface area contributed by atoms with E-state index in [1.807, 2.05) is 0 Å². The summed E-state index contributed by atoms with van der Waals surface area (Å²) in [4.78, 5) is 2.67. The Hall–Kier alpha value is -0.160. The average molecular weight is 256 g/mol. The molecule has 1 heterocycles. The van der Waals surface area contributed by atoms with Gasteiger partial charge in [-0.05, 0) is 44.7 Å². The third kappa shape index (κ3) is 5.22. The van der Waals surface area contributed by atoms with Gasteiger partial charge in [-0.15, -0.1) is 0 Å². The Kier molecular flexibility index (Phi) is 6.41. The lowest BCUT2D eigenvalue weighted by Crippen LogP contribution is -2.29. The number of rotatable bonds is 10. The van der Waals surface area contributed by atoms with Gasteiger partial charge in [0.2, 0.25) is 0 Å². The molecule has 0 radical (unpaired) electrons. The third-order valence-electron chi connectivity index (χ3n) is 3.87. The number of hydrogen-bond acceptors (Lipinski definition) is 4. The first-order chi connectivity index (χ1) is 8.90. The van der Waals surface area contributed by atoms with Gasteiger partial charge in [-0.3, -0.25) is 0 Å². The SMILES string of the molecule is COCCCOCCNCC1CCN(C2CC2)C1. The molecule has 0 aromatic carbocycles. The van der Waals surface area contributed by atoms with Gasteiger partial charge in [0.1, 0.15) is 0 Å². The Balaban J connectivity index is 1.37. The lowest BCUT2D eigenvalue weighted by molar-refractivity contribution is 0.104. The van der Waals surface area contributed by atoms with E-state index < -0.39 is 0 Å². The summed E-state index contributed by atoms with van der Waals surface area (Å²) in [5, 5.41) is 3.52. The van der Waals surface area contributed by atoms with Crippen LogP contribution >= 0.6 is 0 Å². The first kappa shape index (κ1) is 14.3. The number of likely N-dealkylation sites (tertiary alicyclic amines) is 1. The van der Waals surface area contributed by atoms with Gasteiger partial charge in [0.05, 0.1) is 6.61 Å². The molecule has 0 aromatic heterocycles. The molecular weight excluding hydrogens is 228 g/mol. The third-order valence-corrected chi connectivity index (χ3v) is 3.87. The van der Waals surface area contributed by atoms with Gasteiger partial charge in [-0.2, -0.15) is 0 Å². The molecule has 2 rings (SSSR count). The lowest BCUT2D eigenvalue weighted by Gasteiger charge is -2.15. The van der Waals surface area contributed by atoms with Crippen LogP contribution < -0.4 is 5.32 Å². The first-order valence-electron chi connectivity index (χ1n) is 7.41. The molecule has 1 saturated heterocycles. The van der Waals surface area contributed by atoms with Gasteiger partial charge in [0, 0.05) is 39.5 Å². The van der Waals surface area contributed by atoms with E-state index in [0.717, 1.165) is 51.3 Å². The van der Waals surface area contributed by atoms with Gasteiger partial charge < -0.3 is 19.7 Å². The quantitative estimate of drug-likeness (QED) is 0.594. The van der Waals surface area contributed by atoms with Gasteiger partial charge in [0.25, 0.3) is 0 Å². The highest BCUT2D eigenvalue weighted by atomic mass is 16.5. The summed E-state index contributed by atoms with van der Waals surface area (Å²) in [6.45, 7) is 7.21. The molecule has 0 aromatic rings. The van der Waals surface area contributed by atoms with Crippen molar-refractivity contribution in [2.45, 2.75) is 31.7 Å². The zero-order valence-electron chi connectivity index (χ0n) is 11.7. The van der Waals surface area contributed by atoms with Crippen LogP contribution in [0.3, 0.4) is 0 Å². The molecule has 1 N–H and O–H groups in total. The highest BCUT2D eigenvalue weighted by Gasteiger charge is 2.33. The minimum Gasteiger partial charge on any atom is -0.385 e. The Morgan fingerprint density at radius 3 is 2.83 bits per heavy atom.